The minimum Gasteiger partial charge on any atom is -0.394 e. The number of fused-ring (bicyclic) bond motifs is 2. The van der Waals surface area contributed by atoms with Crippen LogP contribution in [0.25, 0.3) is 21.5 Å². The third-order valence-corrected chi connectivity index (χ3v) is 4.27. The topological polar surface area (TPSA) is 52.5 Å². The van der Waals surface area contributed by atoms with Crippen LogP contribution in [-0.2, 0) is 6.54 Å². The number of hydrogen-bond acceptors (Lipinski definition) is 3. The largest absolute Gasteiger partial charge is 0.394 e. The van der Waals surface area contributed by atoms with Gasteiger partial charge in [0.2, 0.25) is 0 Å². The maximum atomic E-state index is 9.47. The zero-order chi connectivity index (χ0) is 15.6. The zero-order valence-electron chi connectivity index (χ0n) is 13.1. The zero-order valence-corrected chi connectivity index (χ0v) is 13.9. The second-order valence-electron chi connectivity index (χ2n) is 6.03. The monoisotopic (exact) mass is 331 g/mol. The molecule has 3 N–H and O–H groups in total. The van der Waals surface area contributed by atoms with Gasteiger partial charge in [0.25, 0.3) is 0 Å². The van der Waals surface area contributed by atoms with Crippen LogP contribution in [0.15, 0.2) is 54.6 Å². The summed E-state index contributed by atoms with van der Waals surface area (Å²) >= 11 is 0. The van der Waals surface area contributed by atoms with Gasteiger partial charge in [-0.05, 0) is 40.1 Å². The van der Waals surface area contributed by atoms with E-state index in [0.29, 0.717) is 6.54 Å². The van der Waals surface area contributed by atoms with E-state index in [1.165, 1.54) is 27.1 Å². The fraction of sp³-hybridized carbons (Fsp3) is 0.263. The van der Waals surface area contributed by atoms with Crippen LogP contribution < -0.4 is 5.32 Å². The summed E-state index contributed by atoms with van der Waals surface area (Å²) in [5.74, 6) is 0. The summed E-state index contributed by atoms with van der Waals surface area (Å²) in [6.45, 7) is 2.21. The number of benzene rings is 3. The van der Waals surface area contributed by atoms with Crippen molar-refractivity contribution in [2.45, 2.75) is 19.0 Å². The lowest BCUT2D eigenvalue weighted by Gasteiger charge is -2.27. The lowest BCUT2D eigenvalue weighted by atomic mass is 9.95. The first kappa shape index (κ1) is 17.7. The van der Waals surface area contributed by atoms with Gasteiger partial charge in [0.05, 0.1) is 18.8 Å². The van der Waals surface area contributed by atoms with Crippen molar-refractivity contribution in [2.75, 3.05) is 13.2 Å². The van der Waals surface area contributed by atoms with E-state index in [0.717, 1.165) is 0 Å². The number of hydrogen-bond donors (Lipinski definition) is 3. The van der Waals surface area contributed by atoms with Crippen LogP contribution in [-0.4, -0.2) is 29.0 Å². The molecule has 0 radical (unpaired) electrons. The van der Waals surface area contributed by atoms with Crippen molar-refractivity contribution in [3.8, 4) is 0 Å². The van der Waals surface area contributed by atoms with Gasteiger partial charge in [-0.2, -0.15) is 0 Å². The number of halogens is 1. The average molecular weight is 332 g/mol. The predicted molar refractivity (Wildman–Crippen MR) is 98.1 cm³/mol. The summed E-state index contributed by atoms with van der Waals surface area (Å²) in [4.78, 5) is 0. The van der Waals surface area contributed by atoms with E-state index in [9.17, 15) is 10.2 Å². The second kappa shape index (κ2) is 7.28. The van der Waals surface area contributed by atoms with E-state index >= 15 is 0 Å². The molecule has 0 amide bonds. The van der Waals surface area contributed by atoms with Gasteiger partial charge in [-0.25, -0.2) is 0 Å². The Kier molecular flexibility index (Phi) is 5.60. The van der Waals surface area contributed by atoms with Crippen LogP contribution in [0.3, 0.4) is 0 Å². The molecule has 0 saturated heterocycles. The maximum absolute atomic E-state index is 9.47. The van der Waals surface area contributed by atoms with Crippen molar-refractivity contribution in [1.82, 2.24) is 5.32 Å². The Hall–Kier alpha value is -1.65. The molecular weight excluding hydrogens is 310 g/mol. The highest BCUT2D eigenvalue weighted by Crippen LogP contribution is 2.28. The molecule has 23 heavy (non-hydrogen) atoms. The highest BCUT2D eigenvalue weighted by Gasteiger charge is 2.22. The average Bonchev–Trinajstić information content (AvgIpc) is 2.58. The quantitative estimate of drug-likeness (QED) is 0.629. The van der Waals surface area contributed by atoms with Gasteiger partial charge in [-0.3, -0.25) is 0 Å². The summed E-state index contributed by atoms with van der Waals surface area (Å²) < 4.78 is 0. The fourth-order valence-corrected chi connectivity index (χ4v) is 2.76. The first-order valence-corrected chi connectivity index (χ1v) is 7.53. The molecule has 3 aromatic carbocycles. The SMILES string of the molecule is CC(CO)(CO)NCc1c2ccccc2cc2ccccc12.Cl. The van der Waals surface area contributed by atoms with E-state index in [1.807, 2.05) is 31.2 Å². The summed E-state index contributed by atoms with van der Waals surface area (Å²) in [5, 5.41) is 27.0. The van der Waals surface area contributed by atoms with Gasteiger partial charge in [-0.1, -0.05) is 48.5 Å². The number of nitrogens with one attached hydrogen (secondary N) is 1. The van der Waals surface area contributed by atoms with E-state index < -0.39 is 5.54 Å². The highest BCUT2D eigenvalue weighted by molar-refractivity contribution is 6.02. The molecule has 0 aliphatic rings. The number of rotatable bonds is 5. The van der Waals surface area contributed by atoms with Gasteiger partial charge in [0.15, 0.2) is 0 Å². The molecule has 4 heteroatoms. The summed E-state index contributed by atoms with van der Waals surface area (Å²) in [6.07, 6.45) is 0. The first-order chi connectivity index (χ1) is 10.7. The third kappa shape index (κ3) is 3.48. The molecular formula is C19H22ClNO2. The molecule has 3 aromatic rings. The molecule has 122 valence electrons. The van der Waals surface area contributed by atoms with Gasteiger partial charge < -0.3 is 15.5 Å². The molecule has 0 spiro atoms. The van der Waals surface area contributed by atoms with Gasteiger partial charge in [-0.15, -0.1) is 12.4 Å². The van der Waals surface area contributed by atoms with Crippen molar-refractivity contribution in [2.24, 2.45) is 0 Å². The molecule has 3 nitrogen and oxygen atoms in total. The second-order valence-corrected chi connectivity index (χ2v) is 6.03. The molecule has 0 saturated carbocycles. The fourth-order valence-electron chi connectivity index (χ4n) is 2.76. The minimum atomic E-state index is -0.682. The minimum absolute atomic E-state index is 0. The first-order valence-electron chi connectivity index (χ1n) is 7.53. The summed E-state index contributed by atoms with van der Waals surface area (Å²) in [6, 6.07) is 18.8. The Morgan fingerprint density at radius 3 is 1.83 bits per heavy atom. The molecule has 0 fully saturated rings. The van der Waals surface area contributed by atoms with Gasteiger partial charge >= 0.3 is 0 Å². The predicted octanol–water partition coefficient (Wildman–Crippen LogP) is 3.25. The lowest BCUT2D eigenvalue weighted by molar-refractivity contribution is 0.103. The standard InChI is InChI=1S/C19H21NO2.ClH/c1-19(12-21,13-22)20-11-18-16-8-4-2-6-14(16)10-15-7-3-5-9-17(15)18;/h2-10,20-22H,11-13H2,1H3;1H. The molecule has 0 aromatic heterocycles. The van der Waals surface area contributed by atoms with Gasteiger partial charge in [0, 0.05) is 6.54 Å². The van der Waals surface area contributed by atoms with Crippen LogP contribution in [0.1, 0.15) is 12.5 Å². The van der Waals surface area contributed by atoms with Crippen LogP contribution in [0.5, 0.6) is 0 Å². The van der Waals surface area contributed by atoms with Crippen LogP contribution in [0.2, 0.25) is 0 Å². The van der Waals surface area contributed by atoms with Crippen molar-refractivity contribution >= 4 is 34.0 Å². The van der Waals surface area contributed by atoms with Crippen LogP contribution in [0.4, 0.5) is 0 Å². The Morgan fingerprint density at radius 2 is 1.35 bits per heavy atom. The molecule has 0 aliphatic heterocycles. The summed E-state index contributed by atoms with van der Waals surface area (Å²) in [7, 11) is 0. The third-order valence-electron chi connectivity index (χ3n) is 4.27. The number of aliphatic hydroxyl groups is 2. The highest BCUT2D eigenvalue weighted by atomic mass is 35.5. The molecule has 0 bridgehead atoms. The molecule has 0 atom stereocenters. The number of aliphatic hydroxyl groups excluding tert-OH is 2. The Bertz CT molecular complexity index is 746. The van der Waals surface area contributed by atoms with Crippen molar-refractivity contribution < 1.29 is 10.2 Å². The van der Waals surface area contributed by atoms with Crippen molar-refractivity contribution in [3.05, 3.63) is 60.2 Å². The van der Waals surface area contributed by atoms with E-state index in [4.69, 9.17) is 0 Å². The van der Waals surface area contributed by atoms with E-state index in [2.05, 4.69) is 35.6 Å². The van der Waals surface area contributed by atoms with Gasteiger partial charge in [0.1, 0.15) is 0 Å². The summed E-state index contributed by atoms with van der Waals surface area (Å²) in [5.41, 5.74) is 0.514. The Morgan fingerprint density at radius 1 is 0.870 bits per heavy atom. The van der Waals surface area contributed by atoms with Crippen LogP contribution in [0, 0.1) is 0 Å². The molecule has 0 unspecified atom stereocenters. The lowest BCUT2D eigenvalue weighted by Crippen LogP contribution is -2.48. The normalized spacial score (nSPS) is 11.6. The Balaban J connectivity index is 0.00000192. The van der Waals surface area contributed by atoms with E-state index in [1.54, 1.807) is 0 Å². The van der Waals surface area contributed by atoms with Crippen LogP contribution >= 0.6 is 12.4 Å². The van der Waals surface area contributed by atoms with Crippen molar-refractivity contribution in [1.29, 1.82) is 0 Å². The van der Waals surface area contributed by atoms with Crippen molar-refractivity contribution in [3.63, 3.8) is 0 Å². The molecule has 3 rings (SSSR count). The smallest absolute Gasteiger partial charge is 0.0633 e. The van der Waals surface area contributed by atoms with E-state index in [-0.39, 0.29) is 25.6 Å². The molecule has 0 aliphatic carbocycles. The Labute approximate surface area is 142 Å². The molecule has 0 heterocycles. The maximum Gasteiger partial charge on any atom is 0.0633 e.